The average molecular weight is 263 g/mol. The van der Waals surface area contributed by atoms with Crippen molar-refractivity contribution in [3.8, 4) is 0 Å². The number of hydrogen-bond acceptors (Lipinski definition) is 4. The molecule has 4 nitrogen and oxygen atoms in total. The van der Waals surface area contributed by atoms with Gasteiger partial charge in [0, 0.05) is 32.4 Å². The van der Waals surface area contributed by atoms with E-state index in [1.54, 1.807) is 0 Å². The highest BCUT2D eigenvalue weighted by molar-refractivity contribution is 5.47. The number of aromatic nitrogens is 1. The van der Waals surface area contributed by atoms with Crippen LogP contribution in [0.25, 0.3) is 0 Å². The summed E-state index contributed by atoms with van der Waals surface area (Å²) in [6.45, 7) is 9.96. The predicted molar refractivity (Wildman–Crippen MR) is 78.6 cm³/mol. The Hall–Kier alpha value is -1.13. The third kappa shape index (κ3) is 4.18. The Kier molecular flexibility index (Phi) is 5.61. The van der Waals surface area contributed by atoms with E-state index in [9.17, 15) is 0 Å². The zero-order valence-electron chi connectivity index (χ0n) is 12.1. The van der Waals surface area contributed by atoms with Crippen LogP contribution >= 0.6 is 0 Å². The number of anilines is 1. The molecule has 0 radical (unpaired) electrons. The van der Waals surface area contributed by atoms with E-state index in [2.05, 4.69) is 35.1 Å². The number of hydrogen-bond donors (Lipinski definition) is 1. The number of rotatable bonds is 5. The molecule has 1 N–H and O–H groups in total. The topological polar surface area (TPSA) is 37.4 Å². The van der Waals surface area contributed by atoms with Crippen molar-refractivity contribution in [1.29, 1.82) is 0 Å². The first-order chi connectivity index (χ1) is 9.31. The summed E-state index contributed by atoms with van der Waals surface area (Å²) in [6.07, 6.45) is 4.25. The zero-order chi connectivity index (χ0) is 13.5. The molecule has 0 bridgehead atoms. The molecule has 0 saturated carbocycles. The first-order valence-corrected chi connectivity index (χ1v) is 7.30. The van der Waals surface area contributed by atoms with Crippen LogP contribution in [0.4, 0.5) is 5.82 Å². The van der Waals surface area contributed by atoms with Crippen LogP contribution in [0.1, 0.15) is 30.9 Å². The van der Waals surface area contributed by atoms with Gasteiger partial charge in [-0.15, -0.1) is 0 Å². The molecular weight excluding hydrogens is 238 g/mol. The smallest absolute Gasteiger partial charge is 0.131 e. The number of nitrogens with one attached hydrogen (secondary N) is 1. The number of aryl methyl sites for hydroxylation is 1. The van der Waals surface area contributed by atoms with Gasteiger partial charge in [-0.25, -0.2) is 4.98 Å². The molecular formula is C15H25N3O. The lowest BCUT2D eigenvalue weighted by Crippen LogP contribution is -2.27. The van der Waals surface area contributed by atoms with Crippen molar-refractivity contribution < 1.29 is 4.74 Å². The van der Waals surface area contributed by atoms with Crippen molar-refractivity contribution in [2.75, 3.05) is 37.7 Å². The summed E-state index contributed by atoms with van der Waals surface area (Å²) in [7, 11) is 0. The summed E-state index contributed by atoms with van der Waals surface area (Å²) in [5.74, 6) is 1.12. The Morgan fingerprint density at radius 3 is 3.05 bits per heavy atom. The summed E-state index contributed by atoms with van der Waals surface area (Å²) >= 11 is 0. The molecule has 1 aliphatic heterocycles. The molecule has 0 atom stereocenters. The molecule has 0 amide bonds. The molecule has 1 saturated heterocycles. The summed E-state index contributed by atoms with van der Waals surface area (Å²) in [5, 5.41) is 3.41. The van der Waals surface area contributed by atoms with Gasteiger partial charge in [0.25, 0.3) is 0 Å². The van der Waals surface area contributed by atoms with Crippen molar-refractivity contribution in [3.05, 3.63) is 23.4 Å². The monoisotopic (exact) mass is 263 g/mol. The maximum absolute atomic E-state index is 5.50. The number of nitrogens with zero attached hydrogens (tertiary/aromatic N) is 2. The van der Waals surface area contributed by atoms with Crippen molar-refractivity contribution >= 4 is 5.82 Å². The van der Waals surface area contributed by atoms with Crippen molar-refractivity contribution in [1.82, 2.24) is 10.3 Å². The van der Waals surface area contributed by atoms with Gasteiger partial charge in [-0.3, -0.25) is 0 Å². The molecule has 0 spiro atoms. The van der Waals surface area contributed by atoms with E-state index >= 15 is 0 Å². The molecule has 1 fully saturated rings. The molecule has 0 aliphatic carbocycles. The van der Waals surface area contributed by atoms with E-state index < -0.39 is 0 Å². The molecule has 0 aromatic carbocycles. The van der Waals surface area contributed by atoms with Gasteiger partial charge in [0.05, 0.1) is 6.61 Å². The van der Waals surface area contributed by atoms with Crippen molar-refractivity contribution in [2.45, 2.75) is 33.2 Å². The lowest BCUT2D eigenvalue weighted by Gasteiger charge is -2.23. The SMILES string of the molecule is CCCNCc1cnc(N2CCCOCC2)c(C)c1. The highest BCUT2D eigenvalue weighted by atomic mass is 16.5. The molecule has 106 valence electrons. The summed E-state index contributed by atoms with van der Waals surface area (Å²) in [5.41, 5.74) is 2.53. The van der Waals surface area contributed by atoms with Crippen LogP contribution in [0.5, 0.6) is 0 Å². The summed E-state index contributed by atoms with van der Waals surface area (Å²) in [4.78, 5) is 6.99. The summed E-state index contributed by atoms with van der Waals surface area (Å²) < 4.78 is 5.50. The van der Waals surface area contributed by atoms with Crippen LogP contribution in [0, 0.1) is 6.92 Å². The standard InChI is InChI=1S/C15H25N3O/c1-3-5-16-11-14-10-13(2)15(17-12-14)18-6-4-8-19-9-7-18/h10,12,16H,3-9,11H2,1-2H3. The van der Waals surface area contributed by atoms with E-state index in [1.807, 2.05) is 6.20 Å². The molecule has 2 rings (SSSR count). The Bertz CT molecular complexity index is 387. The zero-order valence-corrected chi connectivity index (χ0v) is 12.1. The number of pyridine rings is 1. The van der Waals surface area contributed by atoms with E-state index in [1.165, 1.54) is 11.1 Å². The fourth-order valence-corrected chi connectivity index (χ4v) is 2.42. The maximum Gasteiger partial charge on any atom is 0.131 e. The Morgan fingerprint density at radius 2 is 2.26 bits per heavy atom. The molecule has 2 heterocycles. The molecule has 1 aromatic rings. The van der Waals surface area contributed by atoms with Crippen LogP contribution in [0.3, 0.4) is 0 Å². The molecule has 19 heavy (non-hydrogen) atoms. The van der Waals surface area contributed by atoms with E-state index in [0.717, 1.165) is 58.1 Å². The second kappa shape index (κ2) is 7.46. The van der Waals surface area contributed by atoms with Gasteiger partial charge in [-0.1, -0.05) is 6.92 Å². The minimum Gasteiger partial charge on any atom is -0.380 e. The van der Waals surface area contributed by atoms with Gasteiger partial charge in [0.2, 0.25) is 0 Å². The van der Waals surface area contributed by atoms with Crippen LogP contribution in [0.2, 0.25) is 0 Å². The summed E-state index contributed by atoms with van der Waals surface area (Å²) in [6, 6.07) is 2.25. The van der Waals surface area contributed by atoms with Gasteiger partial charge in [-0.2, -0.15) is 0 Å². The van der Waals surface area contributed by atoms with Crippen molar-refractivity contribution in [3.63, 3.8) is 0 Å². The number of ether oxygens (including phenoxy) is 1. The Labute approximate surface area is 116 Å². The lowest BCUT2D eigenvalue weighted by molar-refractivity contribution is 0.152. The third-order valence-electron chi connectivity index (χ3n) is 3.38. The van der Waals surface area contributed by atoms with Crippen LogP contribution < -0.4 is 10.2 Å². The minimum atomic E-state index is 0.806. The highest BCUT2D eigenvalue weighted by Gasteiger charge is 2.13. The maximum atomic E-state index is 5.50. The van der Waals surface area contributed by atoms with Crippen LogP contribution in [0.15, 0.2) is 12.3 Å². The van der Waals surface area contributed by atoms with E-state index in [0.29, 0.717) is 0 Å². The van der Waals surface area contributed by atoms with Gasteiger partial charge in [0.15, 0.2) is 0 Å². The van der Waals surface area contributed by atoms with Crippen LogP contribution in [-0.2, 0) is 11.3 Å². The molecule has 1 aliphatic rings. The van der Waals surface area contributed by atoms with Gasteiger partial charge in [-0.05, 0) is 43.5 Å². The minimum absolute atomic E-state index is 0.806. The lowest BCUT2D eigenvalue weighted by atomic mass is 10.2. The Balaban J connectivity index is 2.01. The first kappa shape index (κ1) is 14.3. The molecule has 4 heteroatoms. The second-order valence-corrected chi connectivity index (χ2v) is 5.11. The third-order valence-corrected chi connectivity index (χ3v) is 3.38. The fraction of sp³-hybridized carbons (Fsp3) is 0.667. The van der Waals surface area contributed by atoms with E-state index in [4.69, 9.17) is 4.74 Å². The molecule has 1 aromatic heterocycles. The van der Waals surface area contributed by atoms with Crippen molar-refractivity contribution in [2.24, 2.45) is 0 Å². The fourth-order valence-electron chi connectivity index (χ4n) is 2.42. The highest BCUT2D eigenvalue weighted by Crippen LogP contribution is 2.19. The first-order valence-electron chi connectivity index (χ1n) is 7.30. The predicted octanol–water partition coefficient (Wildman–Crippen LogP) is 2.12. The van der Waals surface area contributed by atoms with Gasteiger partial charge in [0.1, 0.15) is 5.82 Å². The normalized spacial score (nSPS) is 16.4. The Morgan fingerprint density at radius 1 is 1.37 bits per heavy atom. The molecule has 0 unspecified atom stereocenters. The quantitative estimate of drug-likeness (QED) is 0.826. The van der Waals surface area contributed by atoms with E-state index in [-0.39, 0.29) is 0 Å². The largest absolute Gasteiger partial charge is 0.380 e. The van der Waals surface area contributed by atoms with Crippen LogP contribution in [-0.4, -0.2) is 37.8 Å². The average Bonchev–Trinajstić information content (AvgIpc) is 2.68. The van der Waals surface area contributed by atoms with Gasteiger partial charge >= 0.3 is 0 Å². The van der Waals surface area contributed by atoms with Gasteiger partial charge < -0.3 is 15.0 Å². The second-order valence-electron chi connectivity index (χ2n) is 5.11.